The second kappa shape index (κ2) is 24.9. The molecule has 0 aliphatic carbocycles. The second-order valence-electron chi connectivity index (χ2n) is 5.24. The molecule has 0 aliphatic rings. The van der Waals surface area contributed by atoms with Crippen LogP contribution in [0.4, 0.5) is 0 Å². The summed E-state index contributed by atoms with van der Waals surface area (Å²) < 4.78 is 37.1. The molecule has 0 aliphatic heterocycles. The van der Waals surface area contributed by atoms with E-state index in [0.29, 0.717) is 98.9 Å². The average molecular weight is 390 g/mol. The largest absolute Gasteiger partial charge is 0.379 e. The molecule has 0 saturated heterocycles. The van der Waals surface area contributed by atoms with Gasteiger partial charge in [-0.25, -0.2) is 0 Å². The predicted octanol–water partition coefficient (Wildman–Crippen LogP) is 0.715. The Kier molecular flexibility index (Phi) is 24.0. The molecule has 0 spiro atoms. The Hall–Kier alpha value is -1.05. The minimum Gasteiger partial charge on any atom is -0.379 e. The van der Waals surface area contributed by atoms with E-state index in [-0.39, 0.29) is 0 Å². The van der Waals surface area contributed by atoms with Crippen molar-refractivity contribution in [1.82, 2.24) is 0 Å². The molecule has 8 heteroatoms. The molecule has 27 heavy (non-hydrogen) atoms. The van der Waals surface area contributed by atoms with Crippen molar-refractivity contribution in [2.75, 3.05) is 92.5 Å². The normalized spacial score (nSPS) is 10.8. The van der Waals surface area contributed by atoms with Crippen molar-refractivity contribution in [1.29, 1.82) is 0 Å². The predicted molar refractivity (Wildman–Crippen MR) is 99.9 cm³/mol. The summed E-state index contributed by atoms with van der Waals surface area (Å²) in [5.74, 6) is 2.39. The van der Waals surface area contributed by atoms with Gasteiger partial charge in [0, 0.05) is 13.0 Å². The van der Waals surface area contributed by atoms with Crippen LogP contribution in [0.1, 0.15) is 12.8 Å². The average Bonchev–Trinajstić information content (AvgIpc) is 2.68. The van der Waals surface area contributed by atoms with E-state index in [0.717, 1.165) is 12.7 Å². The van der Waals surface area contributed by atoms with Crippen LogP contribution in [0.3, 0.4) is 0 Å². The maximum atomic E-state index is 10.1. The van der Waals surface area contributed by atoms with Gasteiger partial charge < -0.3 is 38.0 Å². The lowest BCUT2D eigenvalue weighted by Gasteiger charge is -2.08. The first kappa shape index (κ1) is 26.0. The van der Waals surface area contributed by atoms with Crippen LogP contribution in [-0.4, -0.2) is 98.8 Å². The summed E-state index contributed by atoms with van der Waals surface area (Å²) >= 11 is 0. The molecule has 158 valence electrons. The zero-order valence-electron chi connectivity index (χ0n) is 16.2. The van der Waals surface area contributed by atoms with Gasteiger partial charge in [0.15, 0.2) is 0 Å². The van der Waals surface area contributed by atoms with Gasteiger partial charge in [-0.05, 0) is 6.42 Å². The summed E-state index contributed by atoms with van der Waals surface area (Å²) in [6, 6.07) is 0. The smallest absolute Gasteiger partial charge is 0.120 e. The molecule has 8 nitrogen and oxygen atoms in total. The Bertz CT molecular complexity index is 332. The van der Waals surface area contributed by atoms with Crippen LogP contribution in [0.5, 0.6) is 0 Å². The van der Waals surface area contributed by atoms with Gasteiger partial charge in [-0.1, -0.05) is 5.92 Å². The van der Waals surface area contributed by atoms with Gasteiger partial charge in [0.05, 0.1) is 79.3 Å². The van der Waals surface area contributed by atoms with Crippen LogP contribution >= 0.6 is 0 Å². The van der Waals surface area contributed by atoms with E-state index in [1.54, 1.807) is 0 Å². The Balaban J connectivity index is 2.97. The number of hydrogen-bond acceptors (Lipinski definition) is 8. The van der Waals surface area contributed by atoms with E-state index < -0.39 is 0 Å². The lowest BCUT2D eigenvalue weighted by atomic mass is 10.3. The number of rotatable bonds is 23. The third-order valence-electron chi connectivity index (χ3n) is 3.03. The van der Waals surface area contributed by atoms with Crippen LogP contribution in [0.15, 0.2) is 0 Å². The third-order valence-corrected chi connectivity index (χ3v) is 3.03. The summed E-state index contributed by atoms with van der Waals surface area (Å²) in [7, 11) is 0. The van der Waals surface area contributed by atoms with Crippen molar-refractivity contribution in [2.24, 2.45) is 0 Å². The maximum Gasteiger partial charge on any atom is 0.120 e. The van der Waals surface area contributed by atoms with E-state index in [1.807, 2.05) is 0 Å². The zero-order chi connectivity index (χ0) is 19.7. The molecular formula is C19H34O8. The molecular weight excluding hydrogens is 356 g/mol. The summed E-state index contributed by atoms with van der Waals surface area (Å²) in [5, 5.41) is 0. The molecule has 0 radical (unpaired) electrons. The van der Waals surface area contributed by atoms with Gasteiger partial charge in [0.1, 0.15) is 12.9 Å². The van der Waals surface area contributed by atoms with Crippen LogP contribution < -0.4 is 0 Å². The van der Waals surface area contributed by atoms with Crippen LogP contribution in [0, 0.1) is 12.3 Å². The molecule has 0 rings (SSSR count). The Morgan fingerprint density at radius 3 is 1.22 bits per heavy atom. The molecule has 0 bridgehead atoms. The number of carbonyl (C=O) groups excluding carboxylic acids is 1. The second-order valence-corrected chi connectivity index (χ2v) is 5.24. The number of ether oxygens (including phenoxy) is 7. The first-order valence-electron chi connectivity index (χ1n) is 9.33. The lowest BCUT2D eigenvalue weighted by molar-refractivity contribution is -0.108. The van der Waals surface area contributed by atoms with Crippen LogP contribution in [0.25, 0.3) is 0 Å². The number of terminal acetylenes is 1. The molecule has 0 aromatic carbocycles. The fourth-order valence-corrected chi connectivity index (χ4v) is 1.72. The number of aldehydes is 1. The molecule has 0 fully saturated rings. The summed E-state index contributed by atoms with van der Waals surface area (Å²) in [6.07, 6.45) is 7.24. The van der Waals surface area contributed by atoms with Crippen molar-refractivity contribution in [2.45, 2.75) is 12.8 Å². The number of unbranched alkanes of at least 4 members (excludes halogenated alkanes) is 1. The van der Waals surface area contributed by atoms with Crippen molar-refractivity contribution < 1.29 is 38.0 Å². The number of hydrogen-bond donors (Lipinski definition) is 0. The highest BCUT2D eigenvalue weighted by molar-refractivity contribution is 5.48. The highest BCUT2D eigenvalue weighted by Gasteiger charge is 1.94. The first-order chi connectivity index (χ1) is 13.4. The van der Waals surface area contributed by atoms with Crippen LogP contribution in [-0.2, 0) is 38.0 Å². The molecule has 0 aromatic heterocycles. The van der Waals surface area contributed by atoms with Gasteiger partial charge in [0.25, 0.3) is 0 Å². The van der Waals surface area contributed by atoms with E-state index in [9.17, 15) is 4.79 Å². The molecule has 0 unspecified atom stereocenters. The van der Waals surface area contributed by atoms with Gasteiger partial charge in [-0.2, -0.15) is 0 Å². The lowest BCUT2D eigenvalue weighted by Crippen LogP contribution is -2.14. The highest BCUT2D eigenvalue weighted by atomic mass is 16.6. The van der Waals surface area contributed by atoms with E-state index in [2.05, 4.69) is 5.92 Å². The third kappa shape index (κ3) is 24.9. The Morgan fingerprint density at radius 1 is 0.556 bits per heavy atom. The monoisotopic (exact) mass is 390 g/mol. The van der Waals surface area contributed by atoms with Gasteiger partial charge in [-0.3, -0.25) is 0 Å². The van der Waals surface area contributed by atoms with Crippen molar-refractivity contribution >= 4 is 6.29 Å². The Labute approximate surface area is 162 Å². The Morgan fingerprint density at radius 2 is 0.889 bits per heavy atom. The molecule has 0 N–H and O–H groups in total. The fourth-order valence-electron chi connectivity index (χ4n) is 1.72. The minimum absolute atomic E-state index is 0.313. The van der Waals surface area contributed by atoms with E-state index in [1.165, 1.54) is 0 Å². The maximum absolute atomic E-state index is 10.1. The molecule has 0 saturated carbocycles. The van der Waals surface area contributed by atoms with Crippen LogP contribution in [0.2, 0.25) is 0 Å². The molecule has 0 atom stereocenters. The minimum atomic E-state index is 0.313. The standard InChI is InChI=1S/C19H34O8/c1-2-6-21-8-10-23-12-14-25-16-18-27-19-17-26-15-13-24-11-9-22-7-4-3-5-20/h1,5H,3-4,6-19H2. The van der Waals surface area contributed by atoms with Crippen molar-refractivity contribution in [3.05, 3.63) is 0 Å². The highest BCUT2D eigenvalue weighted by Crippen LogP contribution is 1.88. The SMILES string of the molecule is C#CCOCCOCCOCCOCCOCCOCCOCCCC=O. The fraction of sp³-hybridized carbons (Fsp3) is 0.842. The topological polar surface area (TPSA) is 81.7 Å². The van der Waals surface area contributed by atoms with E-state index >= 15 is 0 Å². The van der Waals surface area contributed by atoms with Gasteiger partial charge >= 0.3 is 0 Å². The zero-order valence-corrected chi connectivity index (χ0v) is 16.2. The van der Waals surface area contributed by atoms with Crippen molar-refractivity contribution in [3.8, 4) is 12.3 Å². The quantitative estimate of drug-likeness (QED) is 0.143. The molecule has 0 heterocycles. The van der Waals surface area contributed by atoms with Crippen molar-refractivity contribution in [3.63, 3.8) is 0 Å². The summed E-state index contributed by atoms with van der Waals surface area (Å²) in [6.45, 7) is 7.14. The summed E-state index contributed by atoms with van der Waals surface area (Å²) in [5.41, 5.74) is 0. The van der Waals surface area contributed by atoms with Gasteiger partial charge in [-0.15, -0.1) is 6.42 Å². The van der Waals surface area contributed by atoms with E-state index in [4.69, 9.17) is 39.6 Å². The summed E-state index contributed by atoms with van der Waals surface area (Å²) in [4.78, 5) is 10.1. The molecule has 0 amide bonds. The number of carbonyl (C=O) groups is 1. The molecule has 0 aromatic rings. The first-order valence-corrected chi connectivity index (χ1v) is 9.33. The van der Waals surface area contributed by atoms with Gasteiger partial charge in [0.2, 0.25) is 0 Å².